The zero-order valence-corrected chi connectivity index (χ0v) is 16.6. The van der Waals surface area contributed by atoms with Gasteiger partial charge in [0.25, 0.3) is 0 Å². The molecule has 0 heterocycles. The Morgan fingerprint density at radius 1 is 1.04 bits per heavy atom. The van der Waals surface area contributed by atoms with E-state index in [4.69, 9.17) is 11.6 Å². The van der Waals surface area contributed by atoms with E-state index in [-0.39, 0.29) is 37.0 Å². The van der Waals surface area contributed by atoms with Crippen molar-refractivity contribution in [1.29, 1.82) is 0 Å². The first-order chi connectivity index (χ1) is 11.8. The van der Waals surface area contributed by atoms with Gasteiger partial charge >= 0.3 is 0 Å². The molecule has 1 rings (SSSR count). The molecular weight excluding hydrogens is 338 g/mol. The fourth-order valence-electron chi connectivity index (χ4n) is 2.67. The van der Waals surface area contributed by atoms with Crippen LogP contribution in [-0.4, -0.2) is 53.8 Å². The maximum absolute atomic E-state index is 12.7. The topological polar surface area (TPSA) is 52.7 Å². The molecule has 0 fully saturated rings. The Balaban J connectivity index is 2.58. The van der Waals surface area contributed by atoms with Crippen LogP contribution in [0.4, 0.5) is 5.69 Å². The summed E-state index contributed by atoms with van der Waals surface area (Å²) >= 11 is 5.83. The largest absolute Gasteiger partial charge is 0.336 e. The zero-order chi connectivity index (χ0) is 19.0. The molecule has 0 aliphatic rings. The summed E-state index contributed by atoms with van der Waals surface area (Å²) in [5.41, 5.74) is 0.690. The maximum Gasteiger partial charge on any atom is 0.238 e. The van der Waals surface area contributed by atoms with Crippen molar-refractivity contribution in [2.45, 2.75) is 52.6 Å². The quantitative estimate of drug-likeness (QED) is 0.725. The van der Waals surface area contributed by atoms with Gasteiger partial charge in [-0.25, -0.2) is 0 Å². The average Bonchev–Trinajstić information content (AvgIpc) is 2.56. The highest BCUT2D eigenvalue weighted by atomic mass is 35.5. The number of hydrogen-bond acceptors (Lipinski definition) is 3. The van der Waals surface area contributed by atoms with Gasteiger partial charge in [-0.15, -0.1) is 0 Å². The third-order valence-corrected chi connectivity index (χ3v) is 4.62. The van der Waals surface area contributed by atoms with Gasteiger partial charge in [-0.2, -0.15) is 0 Å². The van der Waals surface area contributed by atoms with Gasteiger partial charge in [0.1, 0.15) is 0 Å². The molecular formula is C19H30ClN3O2. The van der Waals surface area contributed by atoms with Crippen LogP contribution < -0.4 is 5.32 Å². The average molecular weight is 368 g/mol. The molecule has 1 aromatic rings. The molecule has 1 N–H and O–H groups in total. The Morgan fingerprint density at radius 2 is 1.56 bits per heavy atom. The van der Waals surface area contributed by atoms with Crippen LogP contribution in [0.25, 0.3) is 0 Å². The number of nitrogens with one attached hydrogen (secondary N) is 1. The summed E-state index contributed by atoms with van der Waals surface area (Å²) in [7, 11) is 1.78. The second-order valence-electron chi connectivity index (χ2n) is 6.54. The first-order valence-electron chi connectivity index (χ1n) is 8.83. The summed E-state index contributed by atoms with van der Waals surface area (Å²) < 4.78 is 0. The molecule has 5 nitrogen and oxygen atoms in total. The Labute approximate surface area is 156 Å². The third-order valence-electron chi connectivity index (χ3n) is 4.37. The lowest BCUT2D eigenvalue weighted by molar-refractivity contribution is -0.136. The Hall–Kier alpha value is -1.59. The number of benzene rings is 1. The molecule has 6 heteroatoms. The number of rotatable bonds is 9. The van der Waals surface area contributed by atoms with Crippen molar-refractivity contribution in [2.75, 3.05) is 25.5 Å². The van der Waals surface area contributed by atoms with Crippen LogP contribution in [0, 0.1) is 0 Å². The van der Waals surface area contributed by atoms with E-state index in [2.05, 4.69) is 33.0 Å². The van der Waals surface area contributed by atoms with Gasteiger partial charge in [0.15, 0.2) is 0 Å². The number of halogens is 1. The standard InChI is InChI=1S/C19H30ClN3O2/c1-6-14(3)23(15(4)7-2)19(25)13-22(5)12-18(24)21-17-10-8-16(20)9-11-17/h8-11,14-15H,6-7,12-13H2,1-5H3,(H,21,24)/t14-,15+. The summed E-state index contributed by atoms with van der Waals surface area (Å²) in [4.78, 5) is 28.5. The highest BCUT2D eigenvalue weighted by Crippen LogP contribution is 2.14. The van der Waals surface area contributed by atoms with Crippen molar-refractivity contribution >= 4 is 29.1 Å². The monoisotopic (exact) mass is 367 g/mol. The van der Waals surface area contributed by atoms with Crippen molar-refractivity contribution in [1.82, 2.24) is 9.80 Å². The molecule has 1 aromatic carbocycles. The van der Waals surface area contributed by atoms with E-state index in [0.717, 1.165) is 12.8 Å². The summed E-state index contributed by atoms with van der Waals surface area (Å²) in [5, 5.41) is 3.43. The van der Waals surface area contributed by atoms with Gasteiger partial charge in [-0.05, 0) is 58.0 Å². The predicted octanol–water partition coefficient (Wildman–Crippen LogP) is 3.64. The predicted molar refractivity (Wildman–Crippen MR) is 104 cm³/mol. The van der Waals surface area contributed by atoms with E-state index < -0.39 is 0 Å². The number of anilines is 1. The van der Waals surface area contributed by atoms with E-state index in [1.165, 1.54) is 0 Å². The van der Waals surface area contributed by atoms with Gasteiger partial charge in [0.2, 0.25) is 11.8 Å². The minimum Gasteiger partial charge on any atom is -0.336 e. The molecule has 0 unspecified atom stereocenters. The molecule has 0 spiro atoms. The third kappa shape index (κ3) is 7.04. The lowest BCUT2D eigenvalue weighted by Crippen LogP contribution is -2.49. The van der Waals surface area contributed by atoms with Crippen LogP contribution in [0.2, 0.25) is 5.02 Å². The van der Waals surface area contributed by atoms with Crippen LogP contribution in [0.3, 0.4) is 0 Å². The van der Waals surface area contributed by atoms with Crippen LogP contribution in [-0.2, 0) is 9.59 Å². The van der Waals surface area contributed by atoms with E-state index in [1.54, 1.807) is 36.2 Å². The molecule has 0 saturated carbocycles. The molecule has 0 aliphatic heterocycles. The second kappa shape index (κ2) is 10.4. The first kappa shape index (κ1) is 21.5. The highest BCUT2D eigenvalue weighted by molar-refractivity contribution is 6.30. The number of amides is 2. The van der Waals surface area contributed by atoms with Crippen molar-refractivity contribution in [2.24, 2.45) is 0 Å². The highest BCUT2D eigenvalue weighted by Gasteiger charge is 2.24. The van der Waals surface area contributed by atoms with E-state index >= 15 is 0 Å². The fourth-order valence-corrected chi connectivity index (χ4v) is 2.79. The van der Waals surface area contributed by atoms with Crippen LogP contribution >= 0.6 is 11.6 Å². The van der Waals surface area contributed by atoms with Gasteiger partial charge in [-0.3, -0.25) is 14.5 Å². The molecule has 25 heavy (non-hydrogen) atoms. The number of nitrogens with zero attached hydrogens (tertiary/aromatic N) is 2. The lowest BCUT2D eigenvalue weighted by Gasteiger charge is -2.35. The van der Waals surface area contributed by atoms with Crippen molar-refractivity contribution in [3.63, 3.8) is 0 Å². The smallest absolute Gasteiger partial charge is 0.238 e. The first-order valence-corrected chi connectivity index (χ1v) is 9.21. The van der Waals surface area contributed by atoms with E-state index in [1.807, 2.05) is 4.90 Å². The summed E-state index contributed by atoms with van der Waals surface area (Å²) in [5.74, 6) is -0.0956. The summed E-state index contributed by atoms with van der Waals surface area (Å²) in [6.07, 6.45) is 1.83. The van der Waals surface area contributed by atoms with Gasteiger partial charge in [-0.1, -0.05) is 25.4 Å². The second-order valence-corrected chi connectivity index (χ2v) is 6.98. The number of carbonyl (C=O) groups is 2. The molecule has 2 amide bonds. The van der Waals surface area contributed by atoms with Crippen molar-refractivity contribution in [3.05, 3.63) is 29.3 Å². The molecule has 0 radical (unpaired) electrons. The molecule has 0 bridgehead atoms. The van der Waals surface area contributed by atoms with Gasteiger partial charge < -0.3 is 10.2 Å². The molecule has 0 aromatic heterocycles. The van der Waals surface area contributed by atoms with E-state index in [9.17, 15) is 9.59 Å². The van der Waals surface area contributed by atoms with Gasteiger partial charge in [0.05, 0.1) is 13.1 Å². The minimum absolute atomic E-state index is 0.0606. The molecule has 2 atom stereocenters. The number of hydrogen-bond donors (Lipinski definition) is 1. The van der Waals surface area contributed by atoms with Crippen LogP contribution in [0.1, 0.15) is 40.5 Å². The van der Waals surface area contributed by atoms with Crippen LogP contribution in [0.5, 0.6) is 0 Å². The SMILES string of the molecule is CC[C@@H](C)N(C(=O)CN(C)CC(=O)Nc1ccc(Cl)cc1)[C@@H](C)CC. The van der Waals surface area contributed by atoms with Crippen molar-refractivity contribution < 1.29 is 9.59 Å². The Morgan fingerprint density at radius 3 is 2.04 bits per heavy atom. The molecule has 0 aliphatic carbocycles. The molecule has 0 saturated heterocycles. The summed E-state index contributed by atoms with van der Waals surface area (Å²) in [6, 6.07) is 7.33. The van der Waals surface area contributed by atoms with E-state index in [0.29, 0.717) is 10.7 Å². The fraction of sp³-hybridized carbons (Fsp3) is 0.579. The Bertz CT molecular complexity index is 552. The minimum atomic E-state index is -0.156. The molecule has 140 valence electrons. The summed E-state index contributed by atoms with van der Waals surface area (Å²) in [6.45, 7) is 8.67. The van der Waals surface area contributed by atoms with Gasteiger partial charge in [0, 0.05) is 22.8 Å². The zero-order valence-electron chi connectivity index (χ0n) is 15.9. The Kier molecular flexibility index (Phi) is 8.93. The van der Waals surface area contributed by atoms with Crippen LogP contribution in [0.15, 0.2) is 24.3 Å². The number of carbonyl (C=O) groups excluding carboxylic acids is 2. The van der Waals surface area contributed by atoms with Crippen molar-refractivity contribution in [3.8, 4) is 0 Å². The maximum atomic E-state index is 12.7. The number of likely N-dealkylation sites (N-methyl/N-ethyl adjacent to an activating group) is 1. The lowest BCUT2D eigenvalue weighted by atomic mass is 10.1. The normalized spacial score (nSPS) is 13.4.